The lowest BCUT2D eigenvalue weighted by Crippen LogP contribution is -2.21. The van der Waals surface area contributed by atoms with Crippen molar-refractivity contribution in [2.75, 3.05) is 0 Å². The molecule has 0 aliphatic heterocycles. The molecule has 1 N–H and O–H groups in total. The molecule has 0 saturated heterocycles. The fourth-order valence-electron chi connectivity index (χ4n) is 2.56. The minimum atomic E-state index is -0.246. The van der Waals surface area contributed by atoms with Gasteiger partial charge in [-0.05, 0) is 54.4 Å². The normalized spacial score (nSPS) is 10.4. The average Bonchev–Trinajstić information content (AvgIpc) is 2.66. The van der Waals surface area contributed by atoms with E-state index in [2.05, 4.69) is 30.4 Å². The lowest BCUT2D eigenvalue weighted by atomic mass is 10.1. The van der Waals surface area contributed by atoms with E-state index >= 15 is 0 Å². The fraction of sp³-hybridized carbons (Fsp3) is 0.136. The van der Waals surface area contributed by atoms with Gasteiger partial charge in [-0.1, -0.05) is 54.2 Å². The van der Waals surface area contributed by atoms with Crippen molar-refractivity contribution >= 4 is 17.2 Å². The van der Waals surface area contributed by atoms with Crippen molar-refractivity contribution in [2.24, 2.45) is 0 Å². The molecule has 26 heavy (non-hydrogen) atoms. The average molecular weight is 365 g/mol. The van der Waals surface area contributed by atoms with Gasteiger partial charge in [-0.2, -0.15) is 0 Å². The van der Waals surface area contributed by atoms with Gasteiger partial charge in [-0.3, -0.25) is 0 Å². The molecular weight excluding hydrogens is 345 g/mol. The Morgan fingerprint density at radius 2 is 1.69 bits per heavy atom. The Morgan fingerprint density at radius 1 is 0.962 bits per heavy atom. The minimum Gasteiger partial charge on any atom is -0.489 e. The minimum absolute atomic E-state index is 0.246. The molecule has 0 fully saturated rings. The molecule has 0 heterocycles. The highest BCUT2D eigenvalue weighted by molar-refractivity contribution is 7.80. The van der Waals surface area contributed by atoms with Gasteiger partial charge in [0.15, 0.2) is 0 Å². The number of hydrogen-bond acceptors (Lipinski definition) is 2. The first-order valence-electron chi connectivity index (χ1n) is 8.41. The Morgan fingerprint density at radius 3 is 2.38 bits per heavy atom. The number of nitrogens with one attached hydrogen (secondary N) is 1. The fourth-order valence-corrected chi connectivity index (χ4v) is 2.76. The molecule has 3 rings (SSSR count). The van der Waals surface area contributed by atoms with Crippen LogP contribution in [0.2, 0.25) is 0 Å². The third-order valence-electron chi connectivity index (χ3n) is 3.97. The molecule has 0 unspecified atom stereocenters. The van der Waals surface area contributed by atoms with Crippen LogP contribution in [0.4, 0.5) is 4.39 Å². The van der Waals surface area contributed by atoms with Gasteiger partial charge in [0, 0.05) is 12.1 Å². The van der Waals surface area contributed by atoms with Crippen molar-refractivity contribution in [1.82, 2.24) is 5.32 Å². The Bertz CT molecular complexity index is 875. The molecule has 0 aliphatic rings. The number of halogens is 1. The number of hydrogen-bond donors (Lipinski definition) is 1. The van der Waals surface area contributed by atoms with E-state index in [1.54, 1.807) is 12.1 Å². The van der Waals surface area contributed by atoms with Gasteiger partial charge in [0.2, 0.25) is 0 Å². The largest absolute Gasteiger partial charge is 0.489 e. The third kappa shape index (κ3) is 5.14. The van der Waals surface area contributed by atoms with Gasteiger partial charge in [-0.15, -0.1) is 0 Å². The lowest BCUT2D eigenvalue weighted by molar-refractivity contribution is 0.306. The standard InChI is InChI=1S/C22H20FNOS/c1-16-3-2-4-18(13-16)14-24-22(26)19-7-11-21(12-8-19)25-15-17-5-9-20(23)10-6-17/h2-13H,14-15H2,1H3,(H,24,26). The zero-order chi connectivity index (χ0) is 18.4. The zero-order valence-electron chi connectivity index (χ0n) is 14.5. The van der Waals surface area contributed by atoms with Gasteiger partial charge in [0.1, 0.15) is 23.2 Å². The summed E-state index contributed by atoms with van der Waals surface area (Å²) in [7, 11) is 0. The van der Waals surface area contributed by atoms with Crippen LogP contribution in [0.1, 0.15) is 22.3 Å². The summed E-state index contributed by atoms with van der Waals surface area (Å²) in [5, 5.41) is 3.28. The number of aryl methyl sites for hydroxylation is 1. The van der Waals surface area contributed by atoms with Crippen LogP contribution in [0, 0.1) is 12.7 Å². The molecule has 3 aromatic carbocycles. The van der Waals surface area contributed by atoms with Gasteiger partial charge in [0.25, 0.3) is 0 Å². The van der Waals surface area contributed by atoms with Crippen LogP contribution in [0.25, 0.3) is 0 Å². The predicted octanol–water partition coefficient (Wildman–Crippen LogP) is 5.18. The number of ether oxygens (including phenoxy) is 1. The molecular formula is C22H20FNOS. The predicted molar refractivity (Wildman–Crippen MR) is 107 cm³/mol. The summed E-state index contributed by atoms with van der Waals surface area (Å²) in [5.74, 6) is 0.504. The van der Waals surface area contributed by atoms with Crippen molar-refractivity contribution in [1.29, 1.82) is 0 Å². The highest BCUT2D eigenvalue weighted by Crippen LogP contribution is 2.15. The Hall–Kier alpha value is -2.72. The Kier molecular flexibility index (Phi) is 5.97. The SMILES string of the molecule is Cc1cccc(CNC(=S)c2ccc(OCc3ccc(F)cc3)cc2)c1. The molecule has 0 bridgehead atoms. The molecule has 3 aromatic rings. The maximum Gasteiger partial charge on any atom is 0.123 e. The van der Waals surface area contributed by atoms with E-state index in [9.17, 15) is 4.39 Å². The molecule has 132 valence electrons. The van der Waals surface area contributed by atoms with Gasteiger partial charge in [-0.25, -0.2) is 4.39 Å². The molecule has 2 nitrogen and oxygen atoms in total. The molecule has 0 aliphatic carbocycles. The van der Waals surface area contributed by atoms with E-state index in [1.807, 2.05) is 30.3 Å². The quantitative estimate of drug-likeness (QED) is 0.608. The van der Waals surface area contributed by atoms with Crippen molar-refractivity contribution in [3.63, 3.8) is 0 Å². The molecule has 0 spiro atoms. The molecule has 0 aromatic heterocycles. The highest BCUT2D eigenvalue weighted by Gasteiger charge is 2.03. The summed E-state index contributed by atoms with van der Waals surface area (Å²) < 4.78 is 18.6. The molecule has 4 heteroatoms. The maximum absolute atomic E-state index is 12.9. The van der Waals surface area contributed by atoms with E-state index in [1.165, 1.54) is 23.3 Å². The van der Waals surface area contributed by atoms with Crippen LogP contribution in [-0.2, 0) is 13.2 Å². The Balaban J connectivity index is 1.53. The van der Waals surface area contributed by atoms with E-state index in [-0.39, 0.29) is 5.82 Å². The number of thiocarbonyl (C=S) groups is 1. The second-order valence-electron chi connectivity index (χ2n) is 6.11. The summed E-state index contributed by atoms with van der Waals surface area (Å²) in [6, 6.07) is 22.3. The first-order valence-corrected chi connectivity index (χ1v) is 8.82. The van der Waals surface area contributed by atoms with Crippen molar-refractivity contribution in [3.8, 4) is 5.75 Å². The summed E-state index contributed by atoms with van der Waals surface area (Å²) in [5.41, 5.74) is 4.30. The van der Waals surface area contributed by atoms with E-state index in [0.717, 1.165) is 16.9 Å². The second-order valence-corrected chi connectivity index (χ2v) is 6.52. The van der Waals surface area contributed by atoms with Crippen molar-refractivity contribution < 1.29 is 9.13 Å². The van der Waals surface area contributed by atoms with E-state index in [0.29, 0.717) is 18.1 Å². The van der Waals surface area contributed by atoms with Crippen LogP contribution < -0.4 is 10.1 Å². The van der Waals surface area contributed by atoms with Gasteiger partial charge >= 0.3 is 0 Å². The first-order chi connectivity index (χ1) is 12.6. The number of rotatable bonds is 6. The monoisotopic (exact) mass is 365 g/mol. The number of benzene rings is 3. The van der Waals surface area contributed by atoms with E-state index < -0.39 is 0 Å². The van der Waals surface area contributed by atoms with E-state index in [4.69, 9.17) is 17.0 Å². The smallest absolute Gasteiger partial charge is 0.123 e. The van der Waals surface area contributed by atoms with Crippen LogP contribution in [0.15, 0.2) is 72.8 Å². The van der Waals surface area contributed by atoms with Crippen LogP contribution in [-0.4, -0.2) is 4.99 Å². The zero-order valence-corrected chi connectivity index (χ0v) is 15.4. The molecule has 0 amide bonds. The summed E-state index contributed by atoms with van der Waals surface area (Å²) in [6.45, 7) is 3.17. The molecule has 0 saturated carbocycles. The van der Waals surface area contributed by atoms with Crippen LogP contribution in [0.3, 0.4) is 0 Å². The molecule has 0 atom stereocenters. The van der Waals surface area contributed by atoms with Crippen LogP contribution in [0.5, 0.6) is 5.75 Å². The van der Waals surface area contributed by atoms with Crippen molar-refractivity contribution in [3.05, 3.63) is 101 Å². The summed E-state index contributed by atoms with van der Waals surface area (Å²) in [4.78, 5) is 0.705. The highest BCUT2D eigenvalue weighted by atomic mass is 32.1. The lowest BCUT2D eigenvalue weighted by Gasteiger charge is -2.10. The summed E-state index contributed by atoms with van der Waals surface area (Å²) in [6.07, 6.45) is 0. The molecule has 0 radical (unpaired) electrons. The van der Waals surface area contributed by atoms with Crippen LogP contribution >= 0.6 is 12.2 Å². The topological polar surface area (TPSA) is 21.3 Å². The summed E-state index contributed by atoms with van der Waals surface area (Å²) >= 11 is 5.46. The van der Waals surface area contributed by atoms with Gasteiger partial charge in [0.05, 0.1) is 0 Å². The van der Waals surface area contributed by atoms with Gasteiger partial charge < -0.3 is 10.1 Å². The Labute approximate surface area is 158 Å². The maximum atomic E-state index is 12.9. The van der Waals surface area contributed by atoms with Crippen molar-refractivity contribution in [2.45, 2.75) is 20.1 Å². The first kappa shape index (κ1) is 18.1. The third-order valence-corrected chi connectivity index (χ3v) is 4.35. The second kappa shape index (κ2) is 8.59.